The number of nitrogens with one attached hydrogen (secondary N) is 1. The van der Waals surface area contributed by atoms with Crippen LogP contribution >= 0.6 is 11.8 Å². The lowest BCUT2D eigenvalue weighted by Gasteiger charge is -2.32. The highest BCUT2D eigenvalue weighted by Crippen LogP contribution is 2.26. The second-order valence-corrected chi connectivity index (χ2v) is 5.59. The number of anilines is 2. The van der Waals surface area contributed by atoms with E-state index in [0.29, 0.717) is 5.25 Å². The van der Waals surface area contributed by atoms with Gasteiger partial charge < -0.3 is 10.2 Å². The smallest absolute Gasteiger partial charge is 0.137 e. The van der Waals surface area contributed by atoms with Gasteiger partial charge >= 0.3 is 0 Å². The van der Waals surface area contributed by atoms with Crippen molar-refractivity contribution in [2.24, 2.45) is 0 Å². The molecule has 2 rings (SSSR count). The summed E-state index contributed by atoms with van der Waals surface area (Å²) in [4.78, 5) is 11.0. The van der Waals surface area contributed by atoms with E-state index in [1.807, 2.05) is 18.8 Å². The zero-order valence-corrected chi connectivity index (χ0v) is 10.8. The lowest BCUT2D eigenvalue weighted by atomic mass is 10.2. The van der Waals surface area contributed by atoms with Crippen LogP contribution in [-0.4, -0.2) is 41.1 Å². The minimum atomic E-state index is 0.682. The zero-order chi connectivity index (χ0) is 11.5. The van der Waals surface area contributed by atoms with Crippen LogP contribution in [0, 0.1) is 6.92 Å². The van der Waals surface area contributed by atoms with Crippen molar-refractivity contribution in [2.45, 2.75) is 19.1 Å². The third-order valence-corrected chi connectivity index (χ3v) is 3.97. The topological polar surface area (TPSA) is 41.1 Å². The van der Waals surface area contributed by atoms with E-state index in [-0.39, 0.29) is 0 Å². The molecule has 1 aliphatic heterocycles. The van der Waals surface area contributed by atoms with Crippen molar-refractivity contribution in [1.29, 1.82) is 0 Å². The molecule has 1 aromatic rings. The molecule has 0 radical (unpaired) electrons. The summed E-state index contributed by atoms with van der Waals surface area (Å²) in [5, 5.41) is 3.78. The lowest BCUT2D eigenvalue weighted by Crippen LogP contribution is -2.37. The van der Waals surface area contributed by atoms with Gasteiger partial charge in [-0.25, -0.2) is 9.97 Å². The van der Waals surface area contributed by atoms with Gasteiger partial charge in [0.1, 0.15) is 18.0 Å². The Morgan fingerprint density at radius 2 is 2.31 bits per heavy atom. The quantitative estimate of drug-likeness (QED) is 0.850. The molecule has 1 saturated heterocycles. The number of thioether (sulfide) groups is 1. The van der Waals surface area contributed by atoms with Gasteiger partial charge in [0, 0.05) is 36.7 Å². The van der Waals surface area contributed by atoms with Crippen molar-refractivity contribution in [3.05, 3.63) is 11.9 Å². The maximum Gasteiger partial charge on any atom is 0.137 e. The van der Waals surface area contributed by atoms with E-state index < -0.39 is 0 Å². The molecule has 0 saturated carbocycles. The Kier molecular flexibility index (Phi) is 3.53. The fourth-order valence-electron chi connectivity index (χ4n) is 2.02. The SMILES string of the molecule is CNc1ncnc(N2CCSC(C)C2)c1C. The fraction of sp³-hybridized carbons (Fsp3) is 0.636. The second-order valence-electron chi connectivity index (χ2n) is 4.05. The van der Waals surface area contributed by atoms with Crippen LogP contribution in [0.1, 0.15) is 12.5 Å². The van der Waals surface area contributed by atoms with Crippen LogP contribution in [0.5, 0.6) is 0 Å². The van der Waals surface area contributed by atoms with E-state index >= 15 is 0 Å². The highest BCUT2D eigenvalue weighted by molar-refractivity contribution is 8.00. The molecule has 16 heavy (non-hydrogen) atoms. The molecule has 1 N–H and O–H groups in total. The van der Waals surface area contributed by atoms with E-state index in [9.17, 15) is 0 Å². The maximum atomic E-state index is 4.41. The first-order valence-electron chi connectivity index (χ1n) is 5.58. The van der Waals surface area contributed by atoms with Gasteiger partial charge in [-0.1, -0.05) is 6.92 Å². The third-order valence-electron chi connectivity index (χ3n) is 2.83. The molecule has 0 spiro atoms. The van der Waals surface area contributed by atoms with Gasteiger partial charge in [-0.05, 0) is 6.92 Å². The summed E-state index contributed by atoms with van der Waals surface area (Å²) in [5.41, 5.74) is 1.14. The number of aromatic nitrogens is 2. The molecule has 0 aliphatic carbocycles. The van der Waals surface area contributed by atoms with Crippen LogP contribution in [0.25, 0.3) is 0 Å². The highest BCUT2D eigenvalue weighted by Gasteiger charge is 2.20. The minimum absolute atomic E-state index is 0.682. The normalized spacial score (nSPS) is 20.9. The monoisotopic (exact) mass is 238 g/mol. The van der Waals surface area contributed by atoms with Gasteiger partial charge in [-0.2, -0.15) is 11.8 Å². The molecule has 2 heterocycles. The fourth-order valence-corrected chi connectivity index (χ4v) is 3.04. The van der Waals surface area contributed by atoms with E-state index in [1.54, 1.807) is 6.33 Å². The molecule has 1 atom stereocenters. The molecule has 0 aromatic carbocycles. The Morgan fingerprint density at radius 3 is 3.00 bits per heavy atom. The van der Waals surface area contributed by atoms with Crippen LogP contribution in [-0.2, 0) is 0 Å². The van der Waals surface area contributed by atoms with Gasteiger partial charge in [0.25, 0.3) is 0 Å². The summed E-state index contributed by atoms with van der Waals surface area (Å²) in [6, 6.07) is 0. The predicted molar refractivity (Wildman–Crippen MR) is 70.4 cm³/mol. The Bertz CT molecular complexity index is 369. The third kappa shape index (κ3) is 2.24. The summed E-state index contributed by atoms with van der Waals surface area (Å²) >= 11 is 2.03. The number of hydrogen-bond acceptors (Lipinski definition) is 5. The second kappa shape index (κ2) is 4.91. The summed E-state index contributed by atoms with van der Waals surface area (Å²) in [6.45, 7) is 6.50. The summed E-state index contributed by atoms with van der Waals surface area (Å²) in [5.74, 6) is 3.18. The largest absolute Gasteiger partial charge is 0.373 e. The Labute approximate surface area is 101 Å². The average molecular weight is 238 g/mol. The average Bonchev–Trinajstić information content (AvgIpc) is 2.29. The van der Waals surface area contributed by atoms with Gasteiger partial charge in [0.15, 0.2) is 0 Å². The lowest BCUT2D eigenvalue weighted by molar-refractivity contribution is 0.764. The van der Waals surface area contributed by atoms with Gasteiger partial charge in [-0.3, -0.25) is 0 Å². The highest BCUT2D eigenvalue weighted by atomic mass is 32.2. The van der Waals surface area contributed by atoms with Crippen molar-refractivity contribution in [1.82, 2.24) is 9.97 Å². The Balaban J connectivity index is 2.25. The van der Waals surface area contributed by atoms with Crippen LogP contribution in [0.2, 0.25) is 0 Å². The van der Waals surface area contributed by atoms with Gasteiger partial charge in [-0.15, -0.1) is 0 Å². The molecule has 5 heteroatoms. The first-order chi connectivity index (χ1) is 7.72. The van der Waals surface area contributed by atoms with Gasteiger partial charge in [0.05, 0.1) is 0 Å². The first kappa shape index (κ1) is 11.5. The summed E-state index contributed by atoms with van der Waals surface area (Å²) in [7, 11) is 1.90. The molecule has 0 amide bonds. The molecule has 1 fully saturated rings. The van der Waals surface area contributed by atoms with E-state index in [4.69, 9.17) is 0 Å². The van der Waals surface area contributed by atoms with E-state index in [1.165, 1.54) is 5.75 Å². The van der Waals surface area contributed by atoms with Crippen molar-refractivity contribution >= 4 is 23.4 Å². The minimum Gasteiger partial charge on any atom is -0.373 e. The van der Waals surface area contributed by atoms with Gasteiger partial charge in [0.2, 0.25) is 0 Å². The Morgan fingerprint density at radius 1 is 1.50 bits per heavy atom. The molecule has 88 valence electrons. The van der Waals surface area contributed by atoms with Crippen LogP contribution in [0.15, 0.2) is 6.33 Å². The van der Waals surface area contributed by atoms with Crippen molar-refractivity contribution in [3.8, 4) is 0 Å². The first-order valence-corrected chi connectivity index (χ1v) is 6.63. The molecule has 0 bridgehead atoms. The van der Waals surface area contributed by atoms with Crippen molar-refractivity contribution in [3.63, 3.8) is 0 Å². The van der Waals surface area contributed by atoms with E-state index in [2.05, 4.69) is 34.0 Å². The standard InChI is InChI=1S/C11H18N4S/c1-8-6-15(4-5-16-8)11-9(2)10(12-3)13-7-14-11/h7-8H,4-6H2,1-3H3,(H,12,13,14). The molecule has 1 aromatic heterocycles. The van der Waals surface area contributed by atoms with Crippen molar-refractivity contribution in [2.75, 3.05) is 36.1 Å². The number of hydrogen-bond donors (Lipinski definition) is 1. The van der Waals surface area contributed by atoms with Crippen molar-refractivity contribution < 1.29 is 0 Å². The van der Waals surface area contributed by atoms with Crippen LogP contribution < -0.4 is 10.2 Å². The molecular weight excluding hydrogens is 220 g/mol. The predicted octanol–water partition coefficient (Wildman–Crippen LogP) is 1.77. The molecule has 1 unspecified atom stereocenters. The number of rotatable bonds is 2. The van der Waals surface area contributed by atoms with E-state index in [0.717, 1.165) is 30.3 Å². The molecule has 1 aliphatic rings. The Hall–Kier alpha value is -0.970. The van der Waals surface area contributed by atoms with Crippen LogP contribution in [0.3, 0.4) is 0 Å². The molecule has 4 nitrogen and oxygen atoms in total. The maximum absolute atomic E-state index is 4.41. The summed E-state index contributed by atoms with van der Waals surface area (Å²) in [6.07, 6.45) is 1.64. The molecular formula is C11H18N4S. The number of nitrogens with zero attached hydrogens (tertiary/aromatic N) is 3. The summed E-state index contributed by atoms with van der Waals surface area (Å²) < 4.78 is 0. The zero-order valence-electron chi connectivity index (χ0n) is 10.0. The van der Waals surface area contributed by atoms with Crippen LogP contribution in [0.4, 0.5) is 11.6 Å².